The Kier molecular flexibility index (Phi) is 6.11. The highest BCUT2D eigenvalue weighted by molar-refractivity contribution is 6.00. The van der Waals surface area contributed by atoms with Crippen LogP contribution in [-0.4, -0.2) is 65.1 Å². The molecule has 0 radical (unpaired) electrons. The second-order valence-electron chi connectivity index (χ2n) is 9.54. The van der Waals surface area contributed by atoms with E-state index in [4.69, 9.17) is 4.74 Å². The Bertz CT molecular complexity index is 1200. The number of hydrazine groups is 1. The number of Topliss-reactive ketones (excluding diaryl/α,β-unsaturated/α-hetero) is 1. The SMILES string of the molecule is COc1c(C2CCCN(N3CCCC3)C2)c(F)cc2c(=O)c(C(=O)C[N+](=O)[O-])cn(C3CC3)c12. The lowest BCUT2D eigenvalue weighted by molar-refractivity contribution is -0.465. The molecule has 9 nitrogen and oxygen atoms in total. The Morgan fingerprint density at radius 2 is 1.88 bits per heavy atom. The number of hydrogen-bond acceptors (Lipinski definition) is 7. The fourth-order valence-corrected chi connectivity index (χ4v) is 5.53. The van der Waals surface area contributed by atoms with Crippen molar-refractivity contribution in [1.82, 2.24) is 14.6 Å². The number of hydrogen-bond donors (Lipinski definition) is 0. The van der Waals surface area contributed by atoms with Gasteiger partial charge in [0.25, 0.3) is 6.54 Å². The molecule has 0 bridgehead atoms. The lowest BCUT2D eigenvalue weighted by atomic mass is 9.88. The predicted octanol–water partition coefficient (Wildman–Crippen LogP) is 3.13. The van der Waals surface area contributed by atoms with Crippen LogP contribution in [0.5, 0.6) is 5.75 Å². The van der Waals surface area contributed by atoms with Crippen LogP contribution in [0.2, 0.25) is 0 Å². The third-order valence-electron chi connectivity index (χ3n) is 7.27. The summed E-state index contributed by atoms with van der Waals surface area (Å²) in [5.74, 6) is -1.16. The molecule has 1 unspecified atom stereocenters. The van der Waals surface area contributed by atoms with Crippen molar-refractivity contribution in [3.63, 3.8) is 0 Å². The van der Waals surface area contributed by atoms with E-state index in [-0.39, 0.29) is 22.9 Å². The summed E-state index contributed by atoms with van der Waals surface area (Å²) in [5, 5.41) is 15.6. The van der Waals surface area contributed by atoms with Crippen molar-refractivity contribution in [2.45, 2.75) is 50.5 Å². The maximum absolute atomic E-state index is 15.7. The summed E-state index contributed by atoms with van der Waals surface area (Å²) < 4.78 is 23.2. The summed E-state index contributed by atoms with van der Waals surface area (Å²) >= 11 is 0. The smallest absolute Gasteiger partial charge is 0.266 e. The lowest BCUT2D eigenvalue weighted by Gasteiger charge is -2.39. The number of aromatic nitrogens is 1. The van der Waals surface area contributed by atoms with Crippen molar-refractivity contribution in [1.29, 1.82) is 0 Å². The van der Waals surface area contributed by atoms with Gasteiger partial charge in [-0.05, 0) is 44.6 Å². The number of benzene rings is 1. The van der Waals surface area contributed by atoms with Gasteiger partial charge in [-0.25, -0.2) is 14.4 Å². The Hall–Kier alpha value is -2.85. The fraction of sp³-hybridized carbons (Fsp3) is 0.583. The number of ketones is 1. The Morgan fingerprint density at radius 3 is 2.53 bits per heavy atom. The maximum Gasteiger partial charge on any atom is 0.266 e. The number of nitro groups is 1. The molecule has 34 heavy (non-hydrogen) atoms. The molecule has 2 saturated heterocycles. The van der Waals surface area contributed by atoms with Gasteiger partial charge in [-0.15, -0.1) is 0 Å². The van der Waals surface area contributed by atoms with Crippen LogP contribution in [0.4, 0.5) is 4.39 Å². The summed E-state index contributed by atoms with van der Waals surface area (Å²) in [6, 6.07) is 1.25. The van der Waals surface area contributed by atoms with Gasteiger partial charge in [0.05, 0.1) is 23.6 Å². The highest BCUT2D eigenvalue weighted by Gasteiger charge is 2.34. The topological polar surface area (TPSA) is 97.9 Å². The van der Waals surface area contributed by atoms with Crippen molar-refractivity contribution in [2.24, 2.45) is 0 Å². The minimum Gasteiger partial charge on any atom is -0.494 e. The monoisotopic (exact) mass is 472 g/mol. The number of nitrogens with zero attached hydrogens (tertiary/aromatic N) is 4. The molecule has 2 aliphatic heterocycles. The minimum atomic E-state index is -0.975. The van der Waals surface area contributed by atoms with Crippen LogP contribution in [0.15, 0.2) is 17.1 Å². The Balaban J connectivity index is 1.64. The van der Waals surface area contributed by atoms with Gasteiger partial charge >= 0.3 is 0 Å². The lowest BCUT2D eigenvalue weighted by Crippen LogP contribution is -2.46. The second-order valence-corrected chi connectivity index (χ2v) is 9.54. The van der Waals surface area contributed by atoms with Gasteiger partial charge in [-0.1, -0.05) is 0 Å². The van der Waals surface area contributed by atoms with Crippen LogP contribution in [0.1, 0.15) is 66.4 Å². The molecule has 0 amide bonds. The van der Waals surface area contributed by atoms with Gasteiger partial charge in [0.15, 0.2) is 0 Å². The third kappa shape index (κ3) is 4.09. The van der Waals surface area contributed by atoms with Gasteiger partial charge in [0.2, 0.25) is 11.2 Å². The first-order chi connectivity index (χ1) is 16.4. The van der Waals surface area contributed by atoms with Crippen LogP contribution in [-0.2, 0) is 0 Å². The van der Waals surface area contributed by atoms with Crippen LogP contribution in [0.3, 0.4) is 0 Å². The van der Waals surface area contributed by atoms with Crippen LogP contribution >= 0.6 is 0 Å². The zero-order chi connectivity index (χ0) is 24.0. The van der Waals surface area contributed by atoms with Crippen molar-refractivity contribution < 1.29 is 18.8 Å². The number of ether oxygens (including phenoxy) is 1. The van der Waals surface area contributed by atoms with Crippen molar-refractivity contribution >= 4 is 16.7 Å². The molecule has 182 valence electrons. The van der Waals surface area contributed by atoms with E-state index in [9.17, 15) is 19.7 Å². The number of pyridine rings is 1. The number of fused-ring (bicyclic) bond motifs is 1. The van der Waals surface area contributed by atoms with Crippen LogP contribution in [0.25, 0.3) is 10.9 Å². The molecule has 3 heterocycles. The molecular formula is C24H29FN4O5. The first-order valence-corrected chi connectivity index (χ1v) is 12.0. The van der Waals surface area contributed by atoms with Gasteiger partial charge in [0.1, 0.15) is 11.6 Å². The van der Waals surface area contributed by atoms with Crippen molar-refractivity contribution in [3.8, 4) is 5.75 Å². The summed E-state index contributed by atoms with van der Waals surface area (Å²) in [6.45, 7) is 2.70. The normalized spacial score (nSPS) is 21.8. The van der Waals surface area contributed by atoms with E-state index >= 15 is 4.39 Å². The maximum atomic E-state index is 15.7. The highest BCUT2D eigenvalue weighted by atomic mass is 19.1. The van der Waals surface area contributed by atoms with E-state index in [1.54, 1.807) is 4.57 Å². The van der Waals surface area contributed by atoms with E-state index in [0.717, 1.165) is 45.3 Å². The summed E-state index contributed by atoms with van der Waals surface area (Å²) in [4.78, 5) is 35.7. The van der Waals surface area contributed by atoms with Crippen LogP contribution < -0.4 is 10.2 Å². The first kappa shape index (κ1) is 22.9. The molecule has 1 atom stereocenters. The van der Waals surface area contributed by atoms with E-state index in [1.165, 1.54) is 32.2 Å². The summed E-state index contributed by atoms with van der Waals surface area (Å²) in [7, 11) is 1.48. The molecule has 3 aliphatic rings. The second kappa shape index (κ2) is 9.07. The number of halogens is 1. The molecule has 3 fully saturated rings. The van der Waals surface area contributed by atoms with E-state index in [0.29, 0.717) is 23.4 Å². The minimum absolute atomic E-state index is 0.0337. The zero-order valence-corrected chi connectivity index (χ0v) is 19.3. The van der Waals surface area contributed by atoms with Gasteiger partial charge < -0.3 is 9.30 Å². The fourth-order valence-electron chi connectivity index (χ4n) is 5.53. The standard InChI is InChI=1S/C24H29FN4O5/c1-34-24-21(15-5-4-10-27(12-15)26-8-2-3-9-26)19(25)11-17-22(24)28(16-6-7-16)13-18(23(17)31)20(30)14-29(32)33/h11,13,15-16H,2-10,12,14H2,1H3. The molecule has 2 aromatic rings. The molecule has 0 spiro atoms. The highest BCUT2D eigenvalue weighted by Crippen LogP contribution is 2.44. The predicted molar refractivity (Wildman–Crippen MR) is 124 cm³/mol. The Morgan fingerprint density at radius 1 is 1.18 bits per heavy atom. The first-order valence-electron chi connectivity index (χ1n) is 12.0. The van der Waals surface area contributed by atoms with Gasteiger partial charge in [0, 0.05) is 54.8 Å². The Labute approximate surface area is 196 Å². The van der Waals surface area contributed by atoms with Crippen molar-refractivity contribution in [3.05, 3.63) is 49.5 Å². The number of piperidine rings is 1. The average Bonchev–Trinajstić information content (AvgIpc) is 3.51. The molecule has 0 N–H and O–H groups in total. The number of methoxy groups -OCH3 is 1. The molecular weight excluding hydrogens is 443 g/mol. The quantitative estimate of drug-likeness (QED) is 0.347. The molecule has 1 saturated carbocycles. The molecule has 10 heteroatoms. The van der Waals surface area contributed by atoms with Crippen molar-refractivity contribution in [2.75, 3.05) is 39.8 Å². The number of rotatable bonds is 7. The van der Waals surface area contributed by atoms with Gasteiger partial charge in [-0.2, -0.15) is 0 Å². The summed E-state index contributed by atoms with van der Waals surface area (Å²) in [6.07, 6.45) is 7.20. The van der Waals surface area contributed by atoms with Gasteiger partial charge in [-0.3, -0.25) is 19.7 Å². The molecule has 1 aromatic carbocycles. The molecule has 5 rings (SSSR count). The zero-order valence-electron chi connectivity index (χ0n) is 19.3. The third-order valence-corrected chi connectivity index (χ3v) is 7.27. The van der Waals surface area contributed by atoms with E-state index < -0.39 is 28.5 Å². The molecule has 1 aliphatic carbocycles. The average molecular weight is 473 g/mol. The summed E-state index contributed by atoms with van der Waals surface area (Å²) in [5.41, 5.74) is -0.0209. The largest absolute Gasteiger partial charge is 0.494 e. The van der Waals surface area contributed by atoms with Crippen LogP contribution in [0, 0.1) is 15.9 Å². The molecule has 1 aromatic heterocycles. The van der Waals surface area contributed by atoms with E-state index in [1.807, 2.05) is 0 Å². The number of carbonyl (C=O) groups excluding carboxylic acids is 1. The number of carbonyl (C=O) groups is 1. The van der Waals surface area contributed by atoms with E-state index in [2.05, 4.69) is 10.0 Å².